The van der Waals surface area contributed by atoms with Crippen molar-refractivity contribution in [1.82, 2.24) is 9.97 Å². The van der Waals surface area contributed by atoms with Gasteiger partial charge in [-0.25, -0.2) is 4.98 Å². The SMILES string of the molecule is Nc1nc2c(c(N3CCCCC3)n1)CCC1=C2[C@@H]2CCCC[C@@H]2O1. The van der Waals surface area contributed by atoms with Crippen LogP contribution in [-0.2, 0) is 11.2 Å². The van der Waals surface area contributed by atoms with Crippen LogP contribution in [0.15, 0.2) is 5.76 Å². The number of rotatable bonds is 1. The first-order valence-electron chi connectivity index (χ1n) is 9.62. The molecule has 3 heterocycles. The van der Waals surface area contributed by atoms with Gasteiger partial charge in [-0.05, 0) is 44.9 Å². The van der Waals surface area contributed by atoms with E-state index >= 15 is 0 Å². The molecule has 0 unspecified atom stereocenters. The molecule has 0 amide bonds. The summed E-state index contributed by atoms with van der Waals surface area (Å²) in [6, 6.07) is 0. The summed E-state index contributed by atoms with van der Waals surface area (Å²) >= 11 is 0. The topological polar surface area (TPSA) is 64.3 Å². The van der Waals surface area contributed by atoms with Gasteiger partial charge in [0.05, 0.1) is 5.69 Å². The molecule has 0 radical (unpaired) electrons. The molecule has 0 bridgehead atoms. The zero-order valence-corrected chi connectivity index (χ0v) is 14.3. The number of aromatic nitrogens is 2. The molecule has 1 saturated heterocycles. The fourth-order valence-electron chi connectivity index (χ4n) is 5.07. The Kier molecular flexibility index (Phi) is 3.42. The number of nitrogens with zero attached hydrogens (tertiary/aromatic N) is 3. The van der Waals surface area contributed by atoms with Crippen molar-refractivity contribution in [3.05, 3.63) is 17.0 Å². The molecule has 2 aliphatic heterocycles. The highest BCUT2D eigenvalue weighted by Gasteiger charge is 2.42. The molecule has 1 aromatic rings. The molecule has 1 saturated carbocycles. The first-order chi connectivity index (χ1) is 11.8. The molecule has 128 valence electrons. The molecule has 4 aliphatic rings. The third kappa shape index (κ3) is 2.20. The quantitative estimate of drug-likeness (QED) is 0.858. The first kappa shape index (κ1) is 14.6. The van der Waals surface area contributed by atoms with Crippen molar-refractivity contribution >= 4 is 17.3 Å². The Morgan fingerprint density at radius 3 is 2.67 bits per heavy atom. The molecule has 0 spiro atoms. The molecule has 2 N–H and O–H groups in total. The average molecular weight is 326 g/mol. The van der Waals surface area contributed by atoms with E-state index in [0.29, 0.717) is 18.0 Å². The molecule has 5 heteroatoms. The number of hydrogen-bond acceptors (Lipinski definition) is 5. The van der Waals surface area contributed by atoms with Gasteiger partial charge in [0.15, 0.2) is 0 Å². The molecular formula is C19H26N4O. The van der Waals surface area contributed by atoms with Crippen molar-refractivity contribution in [3.8, 4) is 0 Å². The van der Waals surface area contributed by atoms with E-state index in [9.17, 15) is 0 Å². The zero-order valence-electron chi connectivity index (χ0n) is 14.3. The molecule has 5 rings (SSSR count). The summed E-state index contributed by atoms with van der Waals surface area (Å²) in [6.07, 6.45) is 11.2. The lowest BCUT2D eigenvalue weighted by molar-refractivity contribution is 0.0793. The number of anilines is 2. The highest BCUT2D eigenvalue weighted by Crippen LogP contribution is 2.50. The summed E-state index contributed by atoms with van der Waals surface area (Å²) < 4.78 is 6.32. The van der Waals surface area contributed by atoms with E-state index in [1.807, 2.05) is 0 Å². The monoisotopic (exact) mass is 326 g/mol. The highest BCUT2D eigenvalue weighted by atomic mass is 16.5. The number of nitrogen functional groups attached to an aromatic ring is 1. The molecule has 0 aromatic carbocycles. The van der Waals surface area contributed by atoms with E-state index in [0.717, 1.165) is 37.4 Å². The summed E-state index contributed by atoms with van der Waals surface area (Å²) in [5, 5.41) is 0. The zero-order chi connectivity index (χ0) is 16.1. The lowest BCUT2D eigenvalue weighted by Gasteiger charge is -2.32. The smallest absolute Gasteiger partial charge is 0.222 e. The van der Waals surface area contributed by atoms with Gasteiger partial charge >= 0.3 is 0 Å². The lowest BCUT2D eigenvalue weighted by atomic mass is 9.78. The van der Waals surface area contributed by atoms with Gasteiger partial charge in [-0.3, -0.25) is 0 Å². The first-order valence-corrected chi connectivity index (χ1v) is 9.62. The predicted octanol–water partition coefficient (Wildman–Crippen LogP) is 3.30. The van der Waals surface area contributed by atoms with Crippen LogP contribution in [0.1, 0.15) is 62.6 Å². The van der Waals surface area contributed by atoms with E-state index < -0.39 is 0 Å². The van der Waals surface area contributed by atoms with Crippen molar-refractivity contribution in [2.75, 3.05) is 23.7 Å². The molecule has 2 aliphatic carbocycles. The maximum Gasteiger partial charge on any atom is 0.222 e. The fourth-order valence-corrected chi connectivity index (χ4v) is 5.07. The van der Waals surface area contributed by atoms with Gasteiger partial charge in [0.1, 0.15) is 17.7 Å². The molecule has 2 fully saturated rings. The predicted molar refractivity (Wildman–Crippen MR) is 94.6 cm³/mol. The van der Waals surface area contributed by atoms with Gasteiger partial charge in [0, 0.05) is 36.6 Å². The average Bonchev–Trinajstić information content (AvgIpc) is 3.01. The Balaban J connectivity index is 1.59. The maximum atomic E-state index is 6.32. The minimum atomic E-state index is 0.379. The fraction of sp³-hybridized carbons (Fsp3) is 0.684. The third-order valence-electron chi connectivity index (χ3n) is 6.18. The Bertz CT molecular complexity index is 693. The van der Waals surface area contributed by atoms with Crippen molar-refractivity contribution < 1.29 is 4.74 Å². The number of allylic oxidation sites excluding steroid dienone is 1. The molecule has 1 aromatic heterocycles. The Morgan fingerprint density at radius 1 is 0.958 bits per heavy atom. The minimum Gasteiger partial charge on any atom is -0.494 e. The van der Waals surface area contributed by atoms with Gasteiger partial charge in [0.2, 0.25) is 5.95 Å². The Labute approximate surface area is 143 Å². The highest BCUT2D eigenvalue weighted by molar-refractivity contribution is 5.77. The minimum absolute atomic E-state index is 0.379. The van der Waals surface area contributed by atoms with Crippen molar-refractivity contribution in [2.45, 2.75) is 63.9 Å². The van der Waals surface area contributed by atoms with Crippen LogP contribution in [0.4, 0.5) is 11.8 Å². The third-order valence-corrected chi connectivity index (χ3v) is 6.18. The second-order valence-corrected chi connectivity index (χ2v) is 7.66. The summed E-state index contributed by atoms with van der Waals surface area (Å²) in [4.78, 5) is 11.8. The van der Waals surface area contributed by atoms with E-state index in [1.165, 1.54) is 61.8 Å². The van der Waals surface area contributed by atoms with Crippen LogP contribution in [0.5, 0.6) is 0 Å². The second-order valence-electron chi connectivity index (χ2n) is 7.66. The molecule has 2 atom stereocenters. The molecule has 5 nitrogen and oxygen atoms in total. The number of nitrogens with two attached hydrogens (primary N) is 1. The number of fused-ring (bicyclic) bond motifs is 4. The van der Waals surface area contributed by atoms with Gasteiger partial charge in [-0.1, -0.05) is 6.42 Å². The van der Waals surface area contributed by atoms with Crippen molar-refractivity contribution in [3.63, 3.8) is 0 Å². The van der Waals surface area contributed by atoms with Crippen molar-refractivity contribution in [2.24, 2.45) is 5.92 Å². The van der Waals surface area contributed by atoms with Crippen LogP contribution in [-0.4, -0.2) is 29.2 Å². The van der Waals surface area contributed by atoms with Gasteiger partial charge in [-0.15, -0.1) is 0 Å². The van der Waals surface area contributed by atoms with Crippen LogP contribution in [0.25, 0.3) is 5.57 Å². The summed E-state index contributed by atoms with van der Waals surface area (Å²) in [5.41, 5.74) is 9.93. The lowest BCUT2D eigenvalue weighted by Crippen LogP contribution is -2.32. The molecule has 24 heavy (non-hydrogen) atoms. The van der Waals surface area contributed by atoms with E-state index in [1.54, 1.807) is 0 Å². The standard InChI is InChI=1S/C19H26N4O/c20-19-21-17-13(18(22-19)23-10-4-1-5-11-23)8-9-15-16(17)12-6-2-3-7-14(12)24-15/h12,14H,1-11H2,(H2,20,21,22)/t12-,14+/m1/s1. The van der Waals surface area contributed by atoms with E-state index in [2.05, 4.69) is 9.88 Å². The largest absolute Gasteiger partial charge is 0.494 e. The van der Waals surface area contributed by atoms with E-state index in [-0.39, 0.29) is 0 Å². The van der Waals surface area contributed by atoms with Crippen LogP contribution in [0, 0.1) is 5.92 Å². The number of piperidine rings is 1. The van der Waals surface area contributed by atoms with Crippen LogP contribution in [0.3, 0.4) is 0 Å². The molecular weight excluding hydrogens is 300 g/mol. The number of hydrogen-bond donors (Lipinski definition) is 1. The van der Waals surface area contributed by atoms with E-state index in [4.69, 9.17) is 15.5 Å². The van der Waals surface area contributed by atoms with Crippen LogP contribution >= 0.6 is 0 Å². The summed E-state index contributed by atoms with van der Waals surface area (Å²) in [6.45, 7) is 2.19. The summed E-state index contributed by atoms with van der Waals surface area (Å²) in [5.74, 6) is 3.24. The number of ether oxygens (including phenoxy) is 1. The normalized spacial score (nSPS) is 28.9. The summed E-state index contributed by atoms with van der Waals surface area (Å²) in [7, 11) is 0. The van der Waals surface area contributed by atoms with Gasteiger partial charge in [-0.2, -0.15) is 4.98 Å². The van der Waals surface area contributed by atoms with Crippen LogP contribution < -0.4 is 10.6 Å². The van der Waals surface area contributed by atoms with Crippen molar-refractivity contribution in [1.29, 1.82) is 0 Å². The Morgan fingerprint density at radius 2 is 1.79 bits per heavy atom. The maximum absolute atomic E-state index is 6.32. The second kappa shape index (κ2) is 5.64. The van der Waals surface area contributed by atoms with Gasteiger partial charge in [0.25, 0.3) is 0 Å². The van der Waals surface area contributed by atoms with Crippen LogP contribution in [0.2, 0.25) is 0 Å². The van der Waals surface area contributed by atoms with Gasteiger partial charge < -0.3 is 15.4 Å². The Hall–Kier alpha value is -1.78.